The Bertz CT molecular complexity index is 1240. The van der Waals surface area contributed by atoms with Crippen molar-refractivity contribution in [3.63, 3.8) is 0 Å². The minimum absolute atomic E-state index is 0.288. The van der Waals surface area contributed by atoms with Crippen LogP contribution in [0, 0.1) is 0 Å². The third-order valence-electron chi connectivity index (χ3n) is 6.68. The van der Waals surface area contributed by atoms with Crippen LogP contribution in [0.15, 0.2) is 97.1 Å². The molecular formula is C31H31NO3. The maximum absolute atomic E-state index is 5.99. The normalized spacial score (nSPS) is 14.8. The molecule has 1 aliphatic heterocycles. The van der Waals surface area contributed by atoms with Crippen molar-refractivity contribution in [1.29, 1.82) is 0 Å². The SMILES string of the molecule is COc1ccc([C@H]2CCc3cc(OC)ccc3N2Cc2ccc(OCc3ccccc3)cc2)cc1. The van der Waals surface area contributed by atoms with Gasteiger partial charge >= 0.3 is 0 Å². The molecule has 0 unspecified atom stereocenters. The van der Waals surface area contributed by atoms with Gasteiger partial charge in [0.15, 0.2) is 0 Å². The molecule has 0 saturated carbocycles. The third kappa shape index (κ3) is 5.27. The van der Waals surface area contributed by atoms with E-state index in [4.69, 9.17) is 14.2 Å². The Morgan fingerprint density at radius 2 is 1.40 bits per heavy atom. The van der Waals surface area contributed by atoms with Crippen molar-refractivity contribution in [2.75, 3.05) is 19.1 Å². The van der Waals surface area contributed by atoms with Crippen LogP contribution in [0.5, 0.6) is 17.2 Å². The summed E-state index contributed by atoms with van der Waals surface area (Å²) in [6.07, 6.45) is 2.07. The quantitative estimate of drug-likeness (QED) is 0.281. The summed E-state index contributed by atoms with van der Waals surface area (Å²) in [5.41, 5.74) is 6.31. The minimum Gasteiger partial charge on any atom is -0.497 e. The molecule has 1 heterocycles. The minimum atomic E-state index is 0.288. The predicted octanol–water partition coefficient (Wildman–Crippen LogP) is 6.98. The fourth-order valence-electron chi connectivity index (χ4n) is 4.78. The van der Waals surface area contributed by atoms with E-state index in [1.807, 2.05) is 18.2 Å². The van der Waals surface area contributed by atoms with Crippen molar-refractivity contribution in [1.82, 2.24) is 0 Å². The number of rotatable bonds is 8. The second-order valence-electron chi connectivity index (χ2n) is 8.87. The van der Waals surface area contributed by atoms with Crippen LogP contribution in [0.1, 0.15) is 34.7 Å². The molecule has 4 aromatic rings. The molecule has 0 aliphatic carbocycles. The van der Waals surface area contributed by atoms with Gasteiger partial charge in [0, 0.05) is 12.2 Å². The molecule has 0 radical (unpaired) electrons. The Hall–Kier alpha value is -3.92. The Kier molecular flexibility index (Phi) is 6.89. The molecule has 1 aliphatic rings. The van der Waals surface area contributed by atoms with Gasteiger partial charge in [-0.1, -0.05) is 54.6 Å². The first-order valence-corrected chi connectivity index (χ1v) is 12.1. The van der Waals surface area contributed by atoms with E-state index in [1.165, 1.54) is 27.9 Å². The molecule has 0 fully saturated rings. The summed E-state index contributed by atoms with van der Waals surface area (Å²) >= 11 is 0. The van der Waals surface area contributed by atoms with Crippen LogP contribution in [0.25, 0.3) is 0 Å². The molecule has 178 valence electrons. The van der Waals surface area contributed by atoms with Gasteiger partial charge in [0.2, 0.25) is 0 Å². The number of methoxy groups -OCH3 is 2. The first-order chi connectivity index (χ1) is 17.2. The van der Waals surface area contributed by atoms with E-state index in [1.54, 1.807) is 14.2 Å². The van der Waals surface area contributed by atoms with E-state index in [9.17, 15) is 0 Å². The topological polar surface area (TPSA) is 30.9 Å². The highest BCUT2D eigenvalue weighted by Gasteiger charge is 2.28. The monoisotopic (exact) mass is 465 g/mol. The van der Waals surface area contributed by atoms with E-state index in [0.717, 1.165) is 36.6 Å². The first kappa shape index (κ1) is 22.9. The van der Waals surface area contributed by atoms with Gasteiger partial charge in [-0.05, 0) is 77.6 Å². The molecule has 5 rings (SSSR count). The summed E-state index contributed by atoms with van der Waals surface area (Å²) < 4.78 is 16.9. The fraction of sp³-hybridized carbons (Fsp3) is 0.226. The smallest absolute Gasteiger partial charge is 0.119 e. The lowest BCUT2D eigenvalue weighted by atomic mass is 9.90. The maximum Gasteiger partial charge on any atom is 0.119 e. The molecule has 35 heavy (non-hydrogen) atoms. The molecule has 0 aromatic heterocycles. The largest absolute Gasteiger partial charge is 0.497 e. The van der Waals surface area contributed by atoms with E-state index in [2.05, 4.69) is 83.8 Å². The number of aryl methyl sites for hydroxylation is 1. The Labute approximate surface area is 207 Å². The van der Waals surface area contributed by atoms with Crippen molar-refractivity contribution in [3.8, 4) is 17.2 Å². The second kappa shape index (κ2) is 10.6. The van der Waals surface area contributed by atoms with Crippen LogP contribution in [-0.2, 0) is 19.6 Å². The van der Waals surface area contributed by atoms with Crippen molar-refractivity contribution in [3.05, 3.63) is 119 Å². The predicted molar refractivity (Wildman–Crippen MR) is 140 cm³/mol. The average molecular weight is 466 g/mol. The second-order valence-corrected chi connectivity index (χ2v) is 8.87. The van der Waals surface area contributed by atoms with Gasteiger partial charge in [-0.2, -0.15) is 0 Å². The lowest BCUT2D eigenvalue weighted by molar-refractivity contribution is 0.306. The lowest BCUT2D eigenvalue weighted by Gasteiger charge is -2.39. The van der Waals surface area contributed by atoms with Crippen molar-refractivity contribution in [2.45, 2.75) is 32.0 Å². The van der Waals surface area contributed by atoms with Gasteiger partial charge < -0.3 is 19.1 Å². The van der Waals surface area contributed by atoms with E-state index in [-0.39, 0.29) is 6.04 Å². The van der Waals surface area contributed by atoms with Crippen molar-refractivity contribution < 1.29 is 14.2 Å². The van der Waals surface area contributed by atoms with Gasteiger partial charge in [0.1, 0.15) is 23.9 Å². The zero-order chi connectivity index (χ0) is 24.0. The maximum atomic E-state index is 5.99. The van der Waals surface area contributed by atoms with Gasteiger partial charge in [0.25, 0.3) is 0 Å². The summed E-state index contributed by atoms with van der Waals surface area (Å²) in [7, 11) is 3.43. The summed E-state index contributed by atoms with van der Waals surface area (Å²) in [5, 5.41) is 0. The molecule has 4 aromatic carbocycles. The van der Waals surface area contributed by atoms with Crippen LogP contribution in [0.3, 0.4) is 0 Å². The highest BCUT2D eigenvalue weighted by atomic mass is 16.5. The number of ether oxygens (including phenoxy) is 3. The van der Waals surface area contributed by atoms with Crippen LogP contribution >= 0.6 is 0 Å². The lowest BCUT2D eigenvalue weighted by Crippen LogP contribution is -2.32. The Morgan fingerprint density at radius 3 is 2.11 bits per heavy atom. The van der Waals surface area contributed by atoms with Gasteiger partial charge in [-0.3, -0.25) is 0 Å². The highest BCUT2D eigenvalue weighted by molar-refractivity contribution is 5.60. The Balaban J connectivity index is 1.38. The number of nitrogens with zero attached hydrogens (tertiary/aromatic N) is 1. The number of benzene rings is 4. The van der Waals surface area contributed by atoms with Gasteiger partial charge in [0.05, 0.1) is 20.3 Å². The number of hydrogen-bond acceptors (Lipinski definition) is 4. The fourth-order valence-corrected chi connectivity index (χ4v) is 4.78. The summed E-state index contributed by atoms with van der Waals surface area (Å²) in [6.45, 7) is 1.38. The van der Waals surface area contributed by atoms with E-state index >= 15 is 0 Å². The van der Waals surface area contributed by atoms with Crippen LogP contribution in [0.4, 0.5) is 5.69 Å². The zero-order valence-corrected chi connectivity index (χ0v) is 20.3. The van der Waals surface area contributed by atoms with Crippen molar-refractivity contribution >= 4 is 5.69 Å². The van der Waals surface area contributed by atoms with Crippen molar-refractivity contribution in [2.24, 2.45) is 0 Å². The number of hydrogen-bond donors (Lipinski definition) is 0. The summed E-state index contributed by atoms with van der Waals surface area (Å²) in [4.78, 5) is 2.51. The Morgan fingerprint density at radius 1 is 0.714 bits per heavy atom. The van der Waals surface area contributed by atoms with Crippen LogP contribution in [-0.4, -0.2) is 14.2 Å². The van der Waals surface area contributed by atoms with Gasteiger partial charge in [-0.15, -0.1) is 0 Å². The number of fused-ring (bicyclic) bond motifs is 1. The first-order valence-electron chi connectivity index (χ1n) is 12.1. The van der Waals surface area contributed by atoms with Gasteiger partial charge in [-0.25, -0.2) is 0 Å². The number of anilines is 1. The third-order valence-corrected chi connectivity index (χ3v) is 6.68. The summed E-state index contributed by atoms with van der Waals surface area (Å²) in [5.74, 6) is 2.67. The zero-order valence-electron chi connectivity index (χ0n) is 20.3. The molecule has 4 nitrogen and oxygen atoms in total. The molecule has 0 saturated heterocycles. The van der Waals surface area contributed by atoms with E-state index < -0.39 is 0 Å². The average Bonchev–Trinajstić information content (AvgIpc) is 2.93. The summed E-state index contributed by atoms with van der Waals surface area (Å²) in [6, 6.07) is 33.9. The molecule has 4 heteroatoms. The molecule has 0 spiro atoms. The molecule has 0 N–H and O–H groups in total. The molecule has 0 bridgehead atoms. The molecule has 0 amide bonds. The van der Waals surface area contributed by atoms with E-state index in [0.29, 0.717) is 6.61 Å². The molecular weight excluding hydrogens is 434 g/mol. The molecule has 1 atom stereocenters. The van der Waals surface area contributed by atoms with Crippen LogP contribution in [0.2, 0.25) is 0 Å². The standard InChI is InChI=1S/C31H31NO3/c1-33-27-15-10-25(11-16-27)30-18-12-26-20-29(34-2)17-19-31(26)32(30)21-23-8-13-28(14-9-23)35-22-24-6-4-3-5-7-24/h3-11,13-17,19-20,30H,12,18,21-22H2,1-2H3/t30-/m1/s1. The highest BCUT2D eigenvalue weighted by Crippen LogP contribution is 2.41. The van der Waals surface area contributed by atoms with Crippen LogP contribution < -0.4 is 19.1 Å².